The summed E-state index contributed by atoms with van der Waals surface area (Å²) in [6, 6.07) is 4.14. The van der Waals surface area contributed by atoms with Crippen LogP contribution in [0.15, 0.2) is 24.3 Å². The molecule has 1 aromatic carbocycles. The first kappa shape index (κ1) is 18.1. The molecule has 0 bridgehead atoms. The highest BCUT2D eigenvalue weighted by molar-refractivity contribution is 5.73. The molecule has 1 fully saturated rings. The Labute approximate surface area is 136 Å². The molecule has 4 N–H and O–H groups in total. The van der Waals surface area contributed by atoms with Gasteiger partial charge in [0.2, 0.25) is 12.2 Å². The van der Waals surface area contributed by atoms with Crippen LogP contribution in [0.1, 0.15) is 6.92 Å². The Morgan fingerprint density at radius 2 is 2.12 bits per heavy atom. The SMILES string of the molecule is CC(=O)N[C@H]1[C@@H](Oc2cccc([N+](=O)[O-])c2)O[C@H](CO)[C@@H](O)[C@@H]1O. The van der Waals surface area contributed by atoms with Gasteiger partial charge in [-0.05, 0) is 6.07 Å². The van der Waals surface area contributed by atoms with Gasteiger partial charge in [-0.1, -0.05) is 6.07 Å². The van der Waals surface area contributed by atoms with Crippen LogP contribution in [-0.2, 0) is 9.53 Å². The molecule has 0 radical (unpaired) electrons. The van der Waals surface area contributed by atoms with E-state index in [9.17, 15) is 30.2 Å². The topological polar surface area (TPSA) is 151 Å². The maximum absolute atomic E-state index is 11.3. The zero-order chi connectivity index (χ0) is 17.9. The van der Waals surface area contributed by atoms with E-state index in [1.807, 2.05) is 0 Å². The smallest absolute Gasteiger partial charge is 0.273 e. The van der Waals surface area contributed by atoms with Crippen LogP contribution < -0.4 is 10.1 Å². The third-order valence-corrected chi connectivity index (χ3v) is 3.53. The molecule has 0 unspecified atom stereocenters. The third-order valence-electron chi connectivity index (χ3n) is 3.53. The number of hydrogen-bond acceptors (Lipinski definition) is 8. The van der Waals surface area contributed by atoms with Crippen molar-refractivity contribution in [2.45, 2.75) is 37.6 Å². The van der Waals surface area contributed by atoms with Crippen LogP contribution in [0, 0.1) is 10.1 Å². The molecule has 10 nitrogen and oxygen atoms in total. The Kier molecular flexibility index (Phi) is 5.67. The molecule has 24 heavy (non-hydrogen) atoms. The second-order valence-electron chi connectivity index (χ2n) is 5.31. The molecule has 132 valence electrons. The summed E-state index contributed by atoms with van der Waals surface area (Å²) in [5.41, 5.74) is -0.210. The van der Waals surface area contributed by atoms with E-state index < -0.39 is 48.1 Å². The minimum Gasteiger partial charge on any atom is -0.462 e. The van der Waals surface area contributed by atoms with Crippen molar-refractivity contribution in [2.75, 3.05) is 6.61 Å². The summed E-state index contributed by atoms with van der Waals surface area (Å²) >= 11 is 0. The Morgan fingerprint density at radius 3 is 2.71 bits per heavy atom. The van der Waals surface area contributed by atoms with Gasteiger partial charge in [-0.2, -0.15) is 0 Å². The van der Waals surface area contributed by atoms with Crippen LogP contribution in [0.25, 0.3) is 0 Å². The molecule has 0 spiro atoms. The Balaban J connectivity index is 2.24. The zero-order valence-electron chi connectivity index (χ0n) is 12.7. The fourth-order valence-electron chi connectivity index (χ4n) is 2.38. The van der Waals surface area contributed by atoms with Gasteiger partial charge in [0.05, 0.1) is 17.6 Å². The zero-order valence-corrected chi connectivity index (χ0v) is 12.7. The van der Waals surface area contributed by atoms with Gasteiger partial charge in [0, 0.05) is 13.0 Å². The van der Waals surface area contributed by atoms with E-state index in [4.69, 9.17) is 9.47 Å². The highest BCUT2D eigenvalue weighted by Gasteiger charge is 2.46. The number of ether oxygens (including phenoxy) is 2. The summed E-state index contributed by atoms with van der Waals surface area (Å²) in [5.74, 6) is -0.422. The minimum absolute atomic E-state index is 0.0739. The van der Waals surface area contributed by atoms with E-state index in [1.54, 1.807) is 0 Å². The molecule has 0 aliphatic carbocycles. The van der Waals surface area contributed by atoms with Crippen LogP contribution in [0.2, 0.25) is 0 Å². The van der Waals surface area contributed by atoms with Crippen molar-refractivity contribution in [1.29, 1.82) is 0 Å². The number of carbonyl (C=O) groups is 1. The second kappa shape index (κ2) is 7.53. The lowest BCUT2D eigenvalue weighted by atomic mass is 9.97. The highest BCUT2D eigenvalue weighted by Crippen LogP contribution is 2.26. The van der Waals surface area contributed by atoms with Gasteiger partial charge in [0.1, 0.15) is 30.1 Å². The molecular weight excluding hydrogens is 324 g/mol. The highest BCUT2D eigenvalue weighted by atomic mass is 16.7. The van der Waals surface area contributed by atoms with Crippen molar-refractivity contribution in [1.82, 2.24) is 5.32 Å². The number of hydrogen-bond donors (Lipinski definition) is 4. The lowest BCUT2D eigenvalue weighted by Gasteiger charge is -2.42. The number of non-ortho nitro benzene ring substituents is 1. The summed E-state index contributed by atoms with van der Waals surface area (Å²) in [5, 5.41) is 42.4. The van der Waals surface area contributed by atoms with Gasteiger partial charge in [0.15, 0.2) is 0 Å². The van der Waals surface area contributed by atoms with Crippen molar-refractivity contribution < 1.29 is 34.5 Å². The summed E-state index contributed by atoms with van der Waals surface area (Å²) in [6.07, 6.45) is -5.28. The average Bonchev–Trinajstić information content (AvgIpc) is 2.54. The lowest BCUT2D eigenvalue weighted by molar-refractivity contribution is -0.385. The first-order chi connectivity index (χ1) is 11.3. The number of rotatable bonds is 5. The third kappa shape index (κ3) is 3.97. The van der Waals surface area contributed by atoms with Crippen molar-refractivity contribution in [3.8, 4) is 5.75 Å². The summed E-state index contributed by atoms with van der Waals surface area (Å²) in [4.78, 5) is 21.5. The summed E-state index contributed by atoms with van der Waals surface area (Å²) < 4.78 is 10.9. The van der Waals surface area contributed by atoms with Gasteiger partial charge < -0.3 is 30.1 Å². The molecule has 1 saturated heterocycles. The van der Waals surface area contributed by atoms with Gasteiger partial charge in [0.25, 0.3) is 5.69 Å². The van der Waals surface area contributed by atoms with Gasteiger partial charge in [-0.3, -0.25) is 14.9 Å². The van der Waals surface area contributed by atoms with Crippen LogP contribution in [0.4, 0.5) is 5.69 Å². The molecule has 1 heterocycles. The van der Waals surface area contributed by atoms with E-state index in [1.165, 1.54) is 25.1 Å². The van der Waals surface area contributed by atoms with E-state index >= 15 is 0 Å². The maximum Gasteiger partial charge on any atom is 0.273 e. The average molecular weight is 342 g/mol. The maximum atomic E-state index is 11.3. The predicted octanol–water partition coefficient (Wildman–Crippen LogP) is -1.08. The van der Waals surface area contributed by atoms with Crippen molar-refractivity contribution in [2.24, 2.45) is 0 Å². The van der Waals surface area contributed by atoms with Crippen molar-refractivity contribution >= 4 is 11.6 Å². The quantitative estimate of drug-likeness (QED) is 0.389. The summed E-state index contributed by atoms with van der Waals surface area (Å²) in [6.45, 7) is 0.626. The number of amides is 1. The van der Waals surface area contributed by atoms with Gasteiger partial charge in [-0.25, -0.2) is 0 Å². The fraction of sp³-hybridized carbons (Fsp3) is 0.500. The largest absolute Gasteiger partial charge is 0.462 e. The number of aliphatic hydroxyl groups excluding tert-OH is 3. The first-order valence-corrected chi connectivity index (χ1v) is 7.14. The first-order valence-electron chi connectivity index (χ1n) is 7.14. The number of nitrogens with one attached hydrogen (secondary N) is 1. The molecule has 5 atom stereocenters. The summed E-state index contributed by atoms with van der Waals surface area (Å²) in [7, 11) is 0. The van der Waals surface area contributed by atoms with Gasteiger partial charge in [-0.15, -0.1) is 0 Å². The Hall–Kier alpha value is -2.27. The molecule has 10 heteroatoms. The monoisotopic (exact) mass is 342 g/mol. The van der Waals surface area contributed by atoms with E-state index in [2.05, 4.69) is 5.32 Å². The molecule has 1 aliphatic heterocycles. The number of benzene rings is 1. The normalized spacial score (nSPS) is 29.8. The van der Waals surface area contributed by atoms with Crippen LogP contribution in [0.5, 0.6) is 5.75 Å². The number of carbonyl (C=O) groups excluding carboxylic acids is 1. The molecule has 1 amide bonds. The van der Waals surface area contributed by atoms with Crippen molar-refractivity contribution in [3.05, 3.63) is 34.4 Å². The Morgan fingerprint density at radius 1 is 1.42 bits per heavy atom. The molecule has 2 rings (SSSR count). The molecule has 0 saturated carbocycles. The second-order valence-corrected chi connectivity index (χ2v) is 5.31. The molecular formula is C14H18N2O8. The van der Waals surface area contributed by atoms with Gasteiger partial charge >= 0.3 is 0 Å². The lowest BCUT2D eigenvalue weighted by Crippen LogP contribution is -2.65. The fourth-order valence-corrected chi connectivity index (χ4v) is 2.38. The number of nitrogens with zero attached hydrogens (tertiary/aromatic N) is 1. The predicted molar refractivity (Wildman–Crippen MR) is 79.1 cm³/mol. The number of nitro benzene ring substituents is 1. The minimum atomic E-state index is -1.46. The Bertz CT molecular complexity index is 610. The molecule has 0 aromatic heterocycles. The molecule has 1 aliphatic rings. The van der Waals surface area contributed by atoms with Crippen LogP contribution in [0.3, 0.4) is 0 Å². The standard InChI is InChI=1S/C14H18N2O8/c1-7(18)15-11-13(20)12(19)10(6-17)24-14(11)23-9-4-2-3-8(5-9)16(21)22/h2-5,10-14,17,19-20H,6H2,1H3,(H,15,18)/t10-,11-,12-,13-,14+/m1/s1. The molecule has 1 aromatic rings. The van der Waals surface area contributed by atoms with Crippen molar-refractivity contribution in [3.63, 3.8) is 0 Å². The van der Waals surface area contributed by atoms with Crippen LogP contribution in [-0.4, -0.2) is 63.4 Å². The number of aliphatic hydroxyl groups is 3. The number of nitro groups is 1. The van der Waals surface area contributed by atoms with E-state index in [-0.39, 0.29) is 11.4 Å². The van der Waals surface area contributed by atoms with Crippen LogP contribution >= 0.6 is 0 Å². The van der Waals surface area contributed by atoms with E-state index in [0.717, 1.165) is 6.07 Å². The van der Waals surface area contributed by atoms with E-state index in [0.29, 0.717) is 0 Å².